The number of carbonyl (C=O) groups is 1. The summed E-state index contributed by atoms with van der Waals surface area (Å²) in [7, 11) is 1.65. The lowest BCUT2D eigenvalue weighted by Crippen LogP contribution is -2.53. The molecule has 0 bridgehead atoms. The van der Waals surface area contributed by atoms with Gasteiger partial charge in [-0.1, -0.05) is 0 Å². The number of hydrogen-bond acceptors (Lipinski definition) is 3. The average Bonchev–Trinajstić information content (AvgIpc) is 2.67. The highest BCUT2D eigenvalue weighted by molar-refractivity contribution is 5.83. The molecule has 0 radical (unpaired) electrons. The summed E-state index contributed by atoms with van der Waals surface area (Å²) in [5.74, 6) is -0.178. The minimum absolute atomic E-state index is 0.150. The summed E-state index contributed by atoms with van der Waals surface area (Å²) >= 11 is 0. The third kappa shape index (κ3) is 3.60. The number of amides is 1. The molecule has 2 rings (SSSR count). The van der Waals surface area contributed by atoms with Crippen LogP contribution in [0.2, 0.25) is 0 Å². The Morgan fingerprint density at radius 3 is 2.42 bits per heavy atom. The summed E-state index contributed by atoms with van der Waals surface area (Å²) in [5, 5.41) is 3.14. The van der Waals surface area contributed by atoms with Gasteiger partial charge in [0.15, 0.2) is 0 Å². The number of nitrogens with zero attached hydrogens (tertiary/aromatic N) is 2. The van der Waals surface area contributed by atoms with Crippen LogP contribution in [0.4, 0.5) is 13.2 Å². The fourth-order valence-corrected chi connectivity index (χ4v) is 2.95. The molecule has 0 spiro atoms. The largest absolute Gasteiger partial charge is 0.401 e. The molecule has 0 saturated carbocycles. The monoisotopic (exact) mass is 279 g/mol. The normalized spacial score (nSPS) is 26.5. The van der Waals surface area contributed by atoms with Crippen molar-refractivity contribution in [2.24, 2.45) is 0 Å². The Kier molecular flexibility index (Phi) is 4.35. The van der Waals surface area contributed by atoms with Crippen LogP contribution in [0.15, 0.2) is 0 Å². The number of likely N-dealkylation sites (tertiary alicyclic amines) is 1. The van der Waals surface area contributed by atoms with E-state index in [-0.39, 0.29) is 11.9 Å². The Morgan fingerprint density at radius 2 is 1.95 bits per heavy atom. The van der Waals surface area contributed by atoms with Gasteiger partial charge in [0.25, 0.3) is 0 Å². The number of halogens is 3. The maximum Gasteiger partial charge on any atom is 0.401 e. The highest BCUT2D eigenvalue weighted by atomic mass is 19.4. The molecule has 2 heterocycles. The molecule has 2 aliphatic rings. The van der Waals surface area contributed by atoms with E-state index in [1.165, 1.54) is 9.80 Å². The molecule has 4 nitrogen and oxygen atoms in total. The third-order valence-electron chi connectivity index (χ3n) is 3.94. The minimum Gasteiger partial charge on any atom is -0.344 e. The van der Waals surface area contributed by atoms with Gasteiger partial charge in [-0.25, -0.2) is 0 Å². The molecule has 1 amide bonds. The molecule has 0 aliphatic carbocycles. The summed E-state index contributed by atoms with van der Waals surface area (Å²) in [5.41, 5.74) is 0. The molecule has 19 heavy (non-hydrogen) atoms. The van der Waals surface area contributed by atoms with E-state index in [1.807, 2.05) is 0 Å². The van der Waals surface area contributed by atoms with Gasteiger partial charge >= 0.3 is 6.18 Å². The van der Waals surface area contributed by atoms with Crippen LogP contribution in [0.3, 0.4) is 0 Å². The van der Waals surface area contributed by atoms with Crippen LogP contribution < -0.4 is 5.32 Å². The Hall–Kier alpha value is -0.820. The molecular formula is C12H20F3N3O. The van der Waals surface area contributed by atoms with Crippen molar-refractivity contribution in [2.75, 3.05) is 33.2 Å². The first-order chi connectivity index (χ1) is 8.88. The summed E-state index contributed by atoms with van der Waals surface area (Å²) in [6, 6.07) is -0.752. The Morgan fingerprint density at radius 1 is 1.32 bits per heavy atom. The second kappa shape index (κ2) is 5.66. The van der Waals surface area contributed by atoms with Crippen LogP contribution >= 0.6 is 0 Å². The van der Waals surface area contributed by atoms with Gasteiger partial charge in [-0.2, -0.15) is 13.2 Å². The molecule has 0 aromatic heterocycles. The van der Waals surface area contributed by atoms with Gasteiger partial charge in [0.1, 0.15) is 0 Å². The van der Waals surface area contributed by atoms with Crippen LogP contribution in [0.25, 0.3) is 0 Å². The SMILES string of the molecule is CN1CCC(N(CC(F)(F)F)C2CCNCC2)C1=O. The Balaban J connectivity index is 2.11. The van der Waals surface area contributed by atoms with E-state index in [0.717, 1.165) is 13.1 Å². The van der Waals surface area contributed by atoms with Crippen molar-refractivity contribution >= 4 is 5.91 Å². The molecule has 110 valence electrons. The van der Waals surface area contributed by atoms with Crippen molar-refractivity contribution in [2.45, 2.75) is 37.5 Å². The highest BCUT2D eigenvalue weighted by Crippen LogP contribution is 2.27. The lowest BCUT2D eigenvalue weighted by atomic mass is 10.0. The molecule has 7 heteroatoms. The third-order valence-corrected chi connectivity index (χ3v) is 3.94. The van der Waals surface area contributed by atoms with Gasteiger partial charge in [0, 0.05) is 19.6 Å². The standard InChI is InChI=1S/C12H20F3N3O/c1-17-7-4-10(11(17)19)18(8-12(13,14)15)9-2-5-16-6-3-9/h9-10,16H,2-8H2,1H3. The van der Waals surface area contributed by atoms with Gasteiger partial charge < -0.3 is 10.2 Å². The molecule has 0 aromatic rings. The van der Waals surface area contributed by atoms with Crippen LogP contribution in [-0.2, 0) is 4.79 Å². The Labute approximate surface area is 110 Å². The predicted molar refractivity (Wildman–Crippen MR) is 64.7 cm³/mol. The summed E-state index contributed by atoms with van der Waals surface area (Å²) < 4.78 is 38.3. The van der Waals surface area contributed by atoms with Gasteiger partial charge in [0.05, 0.1) is 12.6 Å². The number of alkyl halides is 3. The van der Waals surface area contributed by atoms with E-state index in [2.05, 4.69) is 5.32 Å². The summed E-state index contributed by atoms with van der Waals surface area (Å²) in [6.45, 7) is 0.996. The topological polar surface area (TPSA) is 35.6 Å². The number of hydrogen-bond donors (Lipinski definition) is 1. The van der Waals surface area contributed by atoms with E-state index in [0.29, 0.717) is 25.8 Å². The van der Waals surface area contributed by atoms with Gasteiger partial charge in [-0.3, -0.25) is 9.69 Å². The first-order valence-electron chi connectivity index (χ1n) is 6.66. The van der Waals surface area contributed by atoms with Crippen molar-refractivity contribution in [3.05, 3.63) is 0 Å². The van der Waals surface area contributed by atoms with E-state index >= 15 is 0 Å². The van der Waals surface area contributed by atoms with Crippen molar-refractivity contribution in [1.29, 1.82) is 0 Å². The second-order valence-corrected chi connectivity index (χ2v) is 5.33. The first-order valence-corrected chi connectivity index (χ1v) is 6.66. The molecule has 0 aromatic carbocycles. The summed E-state index contributed by atoms with van der Waals surface area (Å²) in [4.78, 5) is 14.9. The lowest BCUT2D eigenvalue weighted by molar-refractivity contribution is -0.161. The van der Waals surface area contributed by atoms with E-state index in [9.17, 15) is 18.0 Å². The fourth-order valence-electron chi connectivity index (χ4n) is 2.95. The van der Waals surface area contributed by atoms with Crippen LogP contribution in [0.5, 0.6) is 0 Å². The quantitative estimate of drug-likeness (QED) is 0.831. The van der Waals surface area contributed by atoms with E-state index < -0.39 is 18.8 Å². The molecule has 1 N–H and O–H groups in total. The maximum absolute atomic E-state index is 12.8. The van der Waals surface area contributed by atoms with E-state index in [1.54, 1.807) is 7.05 Å². The Bertz CT molecular complexity index is 329. The van der Waals surface area contributed by atoms with Crippen molar-refractivity contribution in [1.82, 2.24) is 15.1 Å². The average molecular weight is 279 g/mol. The summed E-state index contributed by atoms with van der Waals surface area (Å²) in [6.07, 6.45) is -2.42. The van der Waals surface area contributed by atoms with Gasteiger partial charge in [-0.15, -0.1) is 0 Å². The van der Waals surface area contributed by atoms with Crippen LogP contribution in [-0.4, -0.2) is 67.2 Å². The molecular weight excluding hydrogens is 259 g/mol. The van der Waals surface area contributed by atoms with E-state index in [4.69, 9.17) is 0 Å². The zero-order valence-corrected chi connectivity index (χ0v) is 11.0. The molecule has 1 atom stereocenters. The van der Waals surface area contributed by atoms with Crippen LogP contribution in [0.1, 0.15) is 19.3 Å². The van der Waals surface area contributed by atoms with Crippen LogP contribution in [0, 0.1) is 0 Å². The van der Waals surface area contributed by atoms with Crippen molar-refractivity contribution in [3.63, 3.8) is 0 Å². The number of piperidine rings is 1. The second-order valence-electron chi connectivity index (χ2n) is 5.33. The molecule has 2 saturated heterocycles. The van der Waals surface area contributed by atoms with Gasteiger partial charge in [0.2, 0.25) is 5.91 Å². The lowest BCUT2D eigenvalue weighted by Gasteiger charge is -2.38. The van der Waals surface area contributed by atoms with Gasteiger partial charge in [-0.05, 0) is 32.4 Å². The molecule has 2 fully saturated rings. The highest BCUT2D eigenvalue weighted by Gasteiger charge is 2.43. The smallest absolute Gasteiger partial charge is 0.344 e. The first kappa shape index (κ1) is 14.6. The van der Waals surface area contributed by atoms with Crippen molar-refractivity contribution < 1.29 is 18.0 Å². The zero-order valence-electron chi connectivity index (χ0n) is 11.0. The zero-order chi connectivity index (χ0) is 14.0. The fraction of sp³-hybridized carbons (Fsp3) is 0.917. The maximum atomic E-state index is 12.8. The van der Waals surface area contributed by atoms with Crippen molar-refractivity contribution in [3.8, 4) is 0 Å². The molecule has 1 unspecified atom stereocenters. The predicted octanol–water partition coefficient (Wildman–Crippen LogP) is 0.833. The minimum atomic E-state index is -4.26. The number of rotatable bonds is 3. The number of nitrogens with one attached hydrogen (secondary N) is 1. The number of carbonyl (C=O) groups excluding carboxylic acids is 1. The molecule has 2 aliphatic heterocycles. The number of likely N-dealkylation sites (N-methyl/N-ethyl adjacent to an activating group) is 1.